The second-order valence-corrected chi connectivity index (χ2v) is 5.99. The van der Waals surface area contributed by atoms with E-state index in [0.29, 0.717) is 5.69 Å². The van der Waals surface area contributed by atoms with Crippen molar-refractivity contribution in [1.29, 1.82) is 0 Å². The number of rotatable bonds is 5. The quantitative estimate of drug-likeness (QED) is 0.884. The van der Waals surface area contributed by atoms with Crippen molar-refractivity contribution in [3.05, 3.63) is 17.5 Å². The topological polar surface area (TPSA) is 83.6 Å². The summed E-state index contributed by atoms with van der Waals surface area (Å²) in [5, 5.41) is 12.8. The molecule has 9 heteroatoms. The first kappa shape index (κ1) is 18.3. The zero-order valence-corrected chi connectivity index (χ0v) is 13.4. The van der Waals surface area contributed by atoms with Gasteiger partial charge < -0.3 is 14.5 Å². The van der Waals surface area contributed by atoms with E-state index >= 15 is 0 Å². The van der Waals surface area contributed by atoms with Crippen LogP contribution in [0.2, 0.25) is 0 Å². The van der Waals surface area contributed by atoms with Crippen molar-refractivity contribution in [3.63, 3.8) is 0 Å². The number of carboxylic acid groups (broad SMARTS) is 1. The van der Waals surface area contributed by atoms with Crippen LogP contribution in [-0.4, -0.2) is 46.3 Å². The number of aromatic nitrogens is 1. The highest BCUT2D eigenvalue weighted by Crippen LogP contribution is 2.46. The Labute approximate surface area is 136 Å². The number of hydrogen-bond donors (Lipinski definition) is 1. The predicted molar refractivity (Wildman–Crippen MR) is 76.5 cm³/mol. The first-order valence-corrected chi connectivity index (χ1v) is 7.72. The molecule has 1 fully saturated rings. The Kier molecular flexibility index (Phi) is 4.91. The Morgan fingerprint density at radius 3 is 2.50 bits per heavy atom. The molecule has 6 nitrogen and oxygen atoms in total. The Morgan fingerprint density at radius 1 is 1.42 bits per heavy atom. The molecular formula is C15H19F3N2O4. The monoisotopic (exact) mass is 348 g/mol. The molecule has 0 saturated carbocycles. The maximum absolute atomic E-state index is 13.2. The Morgan fingerprint density at radius 2 is 2.04 bits per heavy atom. The standard InChI is InChI=1S/C15H19F3N2O4/c1-3-9(4-2)10-7-11(24-19-10)12(21)20-6-5-14(8-20,13(22)23)15(16,17)18/h7,9H,3-6,8H2,1-2H3,(H,22,23). The second kappa shape index (κ2) is 6.45. The molecule has 1 saturated heterocycles. The van der Waals surface area contributed by atoms with Gasteiger partial charge in [-0.05, 0) is 19.3 Å². The van der Waals surface area contributed by atoms with Gasteiger partial charge in [0.25, 0.3) is 5.91 Å². The van der Waals surface area contributed by atoms with Crippen LogP contribution in [0.1, 0.15) is 55.3 Å². The lowest BCUT2D eigenvalue weighted by Gasteiger charge is -2.26. The van der Waals surface area contributed by atoms with E-state index in [1.807, 2.05) is 13.8 Å². The lowest BCUT2D eigenvalue weighted by atomic mass is 9.86. The first-order chi connectivity index (χ1) is 11.2. The van der Waals surface area contributed by atoms with Crippen molar-refractivity contribution < 1.29 is 32.4 Å². The highest BCUT2D eigenvalue weighted by atomic mass is 19.4. The summed E-state index contributed by atoms with van der Waals surface area (Å²) < 4.78 is 44.4. The van der Waals surface area contributed by atoms with E-state index in [2.05, 4.69) is 5.16 Å². The molecule has 0 radical (unpaired) electrons. The Hall–Kier alpha value is -2.06. The number of carbonyl (C=O) groups is 2. The van der Waals surface area contributed by atoms with Crippen LogP contribution in [0.3, 0.4) is 0 Å². The maximum atomic E-state index is 13.2. The number of likely N-dealkylation sites (tertiary alicyclic amines) is 1. The van der Waals surface area contributed by atoms with Crippen molar-refractivity contribution in [3.8, 4) is 0 Å². The number of carboxylic acids is 1. The average molecular weight is 348 g/mol. The van der Waals surface area contributed by atoms with Gasteiger partial charge in [0.1, 0.15) is 0 Å². The lowest BCUT2D eigenvalue weighted by Crippen LogP contribution is -2.47. The van der Waals surface area contributed by atoms with E-state index in [9.17, 15) is 22.8 Å². The zero-order chi connectivity index (χ0) is 18.1. The molecule has 0 bridgehead atoms. The van der Waals surface area contributed by atoms with Crippen molar-refractivity contribution >= 4 is 11.9 Å². The molecule has 1 aliphatic rings. The van der Waals surface area contributed by atoms with E-state index < -0.39 is 36.4 Å². The van der Waals surface area contributed by atoms with Crippen LogP contribution < -0.4 is 0 Å². The van der Waals surface area contributed by atoms with Gasteiger partial charge in [0, 0.05) is 25.1 Å². The molecule has 134 valence electrons. The summed E-state index contributed by atoms with van der Waals surface area (Å²) >= 11 is 0. The lowest BCUT2D eigenvalue weighted by molar-refractivity contribution is -0.227. The van der Waals surface area contributed by atoms with Gasteiger partial charge >= 0.3 is 12.1 Å². The summed E-state index contributed by atoms with van der Waals surface area (Å²) in [6, 6.07) is 1.42. The van der Waals surface area contributed by atoms with Crippen LogP contribution in [0.4, 0.5) is 13.2 Å². The minimum absolute atomic E-state index is 0.0992. The number of amides is 1. The molecule has 0 aromatic carbocycles. The number of alkyl halides is 3. The Balaban J connectivity index is 2.19. The fourth-order valence-electron chi connectivity index (χ4n) is 2.96. The number of carbonyl (C=O) groups excluding carboxylic acids is 1. The number of aliphatic carboxylic acids is 1. The SMILES string of the molecule is CCC(CC)c1cc(C(=O)N2CCC(C(=O)O)(C(F)(F)F)C2)on1. The van der Waals surface area contributed by atoms with Gasteiger partial charge in [-0.25, -0.2) is 0 Å². The highest BCUT2D eigenvalue weighted by Gasteiger charge is 2.64. The van der Waals surface area contributed by atoms with Crippen LogP contribution in [0.15, 0.2) is 10.6 Å². The van der Waals surface area contributed by atoms with Crippen molar-refractivity contribution in [1.82, 2.24) is 10.1 Å². The first-order valence-electron chi connectivity index (χ1n) is 7.72. The molecule has 1 amide bonds. The molecule has 2 rings (SSSR count). The zero-order valence-electron chi connectivity index (χ0n) is 13.4. The fraction of sp³-hybridized carbons (Fsp3) is 0.667. The largest absolute Gasteiger partial charge is 0.481 e. The minimum Gasteiger partial charge on any atom is -0.481 e. The summed E-state index contributed by atoms with van der Waals surface area (Å²) in [6.07, 6.45) is -4.03. The van der Waals surface area contributed by atoms with Gasteiger partial charge in [0.15, 0.2) is 5.41 Å². The molecule has 1 unspecified atom stereocenters. The average Bonchev–Trinajstić information content (AvgIpc) is 3.15. The summed E-state index contributed by atoms with van der Waals surface area (Å²) in [5.74, 6) is -2.81. The molecule has 2 heterocycles. The second-order valence-electron chi connectivity index (χ2n) is 5.99. The summed E-state index contributed by atoms with van der Waals surface area (Å²) in [6.45, 7) is 2.68. The maximum Gasteiger partial charge on any atom is 0.406 e. The summed E-state index contributed by atoms with van der Waals surface area (Å²) in [4.78, 5) is 24.3. The van der Waals surface area contributed by atoms with Gasteiger partial charge in [-0.1, -0.05) is 19.0 Å². The molecule has 1 N–H and O–H groups in total. The van der Waals surface area contributed by atoms with E-state index in [-0.39, 0.29) is 18.2 Å². The molecule has 24 heavy (non-hydrogen) atoms. The van der Waals surface area contributed by atoms with Crippen molar-refractivity contribution in [2.24, 2.45) is 5.41 Å². The number of halogens is 3. The van der Waals surface area contributed by atoms with Crippen LogP contribution in [-0.2, 0) is 4.79 Å². The normalized spacial score (nSPS) is 21.5. The minimum atomic E-state index is -4.93. The summed E-state index contributed by atoms with van der Waals surface area (Å²) in [5.41, 5.74) is -2.36. The molecule has 0 spiro atoms. The molecule has 1 aliphatic heterocycles. The van der Waals surface area contributed by atoms with Crippen molar-refractivity contribution in [2.75, 3.05) is 13.1 Å². The van der Waals surface area contributed by atoms with Gasteiger partial charge in [-0.3, -0.25) is 9.59 Å². The molecule has 1 aromatic heterocycles. The third-order valence-electron chi connectivity index (χ3n) is 4.65. The van der Waals surface area contributed by atoms with E-state index in [1.165, 1.54) is 6.07 Å². The van der Waals surface area contributed by atoms with Gasteiger partial charge in [-0.2, -0.15) is 13.2 Å². The molecule has 0 aliphatic carbocycles. The van der Waals surface area contributed by atoms with Crippen molar-refractivity contribution in [2.45, 2.75) is 45.2 Å². The van der Waals surface area contributed by atoms with E-state index in [1.54, 1.807) is 0 Å². The fourth-order valence-corrected chi connectivity index (χ4v) is 2.96. The molecular weight excluding hydrogens is 329 g/mol. The Bertz CT molecular complexity index is 624. The van der Waals surface area contributed by atoms with Crippen LogP contribution in [0, 0.1) is 5.41 Å². The van der Waals surface area contributed by atoms with E-state index in [4.69, 9.17) is 9.63 Å². The van der Waals surface area contributed by atoms with Crippen LogP contribution in [0.5, 0.6) is 0 Å². The smallest absolute Gasteiger partial charge is 0.406 e. The molecule has 1 atom stereocenters. The van der Waals surface area contributed by atoms with Crippen LogP contribution >= 0.6 is 0 Å². The van der Waals surface area contributed by atoms with E-state index in [0.717, 1.165) is 17.7 Å². The third-order valence-corrected chi connectivity index (χ3v) is 4.65. The highest BCUT2D eigenvalue weighted by molar-refractivity contribution is 5.92. The predicted octanol–water partition coefficient (Wildman–Crippen LogP) is 3.06. The van der Waals surface area contributed by atoms with Gasteiger partial charge in [-0.15, -0.1) is 0 Å². The number of nitrogens with zero attached hydrogens (tertiary/aromatic N) is 2. The molecule has 1 aromatic rings. The van der Waals surface area contributed by atoms with Gasteiger partial charge in [0.05, 0.1) is 5.69 Å². The number of hydrogen-bond acceptors (Lipinski definition) is 4. The third kappa shape index (κ3) is 2.99. The summed E-state index contributed by atoms with van der Waals surface area (Å²) in [7, 11) is 0. The van der Waals surface area contributed by atoms with Gasteiger partial charge in [0.2, 0.25) is 5.76 Å². The van der Waals surface area contributed by atoms with Crippen LogP contribution in [0.25, 0.3) is 0 Å².